The second-order valence-electron chi connectivity index (χ2n) is 6.33. The minimum atomic E-state index is 0.608. The molecule has 128 valence electrons. The SMILES string of the molecule is c1nc(Sc2ccc3c(c2)OCCO3)c2c3c(sc2n1)CCCCC3. The van der Waals surface area contributed by atoms with Crippen molar-refractivity contribution in [3.05, 3.63) is 35.0 Å². The Morgan fingerprint density at radius 1 is 0.960 bits per heavy atom. The zero-order valence-corrected chi connectivity index (χ0v) is 15.4. The highest BCUT2D eigenvalue weighted by Crippen LogP contribution is 2.42. The first kappa shape index (κ1) is 15.5. The van der Waals surface area contributed by atoms with E-state index in [1.165, 1.54) is 41.5 Å². The maximum Gasteiger partial charge on any atom is 0.162 e. The molecule has 5 rings (SSSR count). The van der Waals surface area contributed by atoms with Crippen molar-refractivity contribution in [2.45, 2.75) is 42.0 Å². The summed E-state index contributed by atoms with van der Waals surface area (Å²) in [5, 5.41) is 2.32. The molecule has 2 aliphatic rings. The largest absolute Gasteiger partial charge is 0.486 e. The van der Waals surface area contributed by atoms with Crippen molar-refractivity contribution in [1.29, 1.82) is 0 Å². The number of hydrogen-bond donors (Lipinski definition) is 0. The van der Waals surface area contributed by atoms with Gasteiger partial charge in [-0.3, -0.25) is 0 Å². The van der Waals surface area contributed by atoms with Crippen molar-refractivity contribution in [3.63, 3.8) is 0 Å². The van der Waals surface area contributed by atoms with E-state index in [4.69, 9.17) is 9.47 Å². The molecule has 0 spiro atoms. The maximum atomic E-state index is 5.71. The van der Waals surface area contributed by atoms with E-state index >= 15 is 0 Å². The van der Waals surface area contributed by atoms with E-state index in [-0.39, 0.29) is 0 Å². The second-order valence-corrected chi connectivity index (χ2v) is 8.48. The highest BCUT2D eigenvalue weighted by atomic mass is 32.2. The Balaban J connectivity index is 1.55. The van der Waals surface area contributed by atoms with E-state index in [2.05, 4.69) is 22.1 Å². The molecule has 3 heterocycles. The van der Waals surface area contributed by atoms with Crippen LogP contribution in [0.5, 0.6) is 11.5 Å². The van der Waals surface area contributed by atoms with Gasteiger partial charge in [-0.15, -0.1) is 11.3 Å². The molecular formula is C19H18N2O2S2. The fraction of sp³-hybridized carbons (Fsp3) is 0.368. The fourth-order valence-corrected chi connectivity index (χ4v) is 5.75. The molecular weight excluding hydrogens is 352 g/mol. The van der Waals surface area contributed by atoms with Crippen LogP contribution in [0.25, 0.3) is 10.2 Å². The molecule has 1 aromatic carbocycles. The van der Waals surface area contributed by atoms with Crippen molar-refractivity contribution >= 4 is 33.3 Å². The topological polar surface area (TPSA) is 44.2 Å². The van der Waals surface area contributed by atoms with E-state index < -0.39 is 0 Å². The zero-order valence-electron chi connectivity index (χ0n) is 13.8. The van der Waals surface area contributed by atoms with Crippen LogP contribution in [0.3, 0.4) is 0 Å². The number of fused-ring (bicyclic) bond motifs is 4. The standard InChI is InChI=1S/C19H18N2O2S2/c1-2-4-13-16(5-3-1)25-19-17(13)18(20-11-21-19)24-12-6-7-14-15(10-12)23-9-8-22-14/h6-7,10-11H,1-5,8-9H2. The minimum Gasteiger partial charge on any atom is -0.486 e. The molecule has 6 heteroatoms. The zero-order chi connectivity index (χ0) is 16.6. The number of aryl methyl sites for hydroxylation is 2. The number of benzene rings is 1. The molecule has 3 aromatic rings. The summed E-state index contributed by atoms with van der Waals surface area (Å²) in [6, 6.07) is 6.12. The predicted octanol–water partition coefficient (Wildman–Crippen LogP) is 4.88. The van der Waals surface area contributed by atoms with Gasteiger partial charge in [0.05, 0.1) is 0 Å². The molecule has 0 bridgehead atoms. The maximum absolute atomic E-state index is 5.71. The van der Waals surface area contributed by atoms with Gasteiger partial charge in [0.1, 0.15) is 29.4 Å². The predicted molar refractivity (Wildman–Crippen MR) is 100 cm³/mol. The van der Waals surface area contributed by atoms with Crippen LogP contribution in [-0.2, 0) is 12.8 Å². The summed E-state index contributed by atoms with van der Waals surface area (Å²) in [5.74, 6) is 1.65. The summed E-state index contributed by atoms with van der Waals surface area (Å²) in [6.45, 7) is 1.23. The van der Waals surface area contributed by atoms with Crippen LogP contribution in [0.4, 0.5) is 0 Å². The lowest BCUT2D eigenvalue weighted by Gasteiger charge is -2.18. The Morgan fingerprint density at radius 2 is 1.84 bits per heavy atom. The number of ether oxygens (including phenoxy) is 2. The third-order valence-corrected chi connectivity index (χ3v) is 6.89. The van der Waals surface area contributed by atoms with Gasteiger partial charge in [0.2, 0.25) is 0 Å². The first-order chi connectivity index (χ1) is 12.4. The Hall–Kier alpha value is -1.79. The Kier molecular flexibility index (Phi) is 4.02. The molecule has 4 nitrogen and oxygen atoms in total. The van der Waals surface area contributed by atoms with Gasteiger partial charge < -0.3 is 9.47 Å². The van der Waals surface area contributed by atoms with Gasteiger partial charge in [-0.25, -0.2) is 9.97 Å². The van der Waals surface area contributed by atoms with Gasteiger partial charge in [0.25, 0.3) is 0 Å². The number of rotatable bonds is 2. The molecule has 0 saturated heterocycles. The average molecular weight is 370 g/mol. The molecule has 1 aliphatic heterocycles. The third kappa shape index (κ3) is 2.87. The normalized spacial score (nSPS) is 16.5. The lowest BCUT2D eigenvalue weighted by Crippen LogP contribution is -2.15. The van der Waals surface area contributed by atoms with E-state index in [9.17, 15) is 0 Å². The van der Waals surface area contributed by atoms with Crippen LogP contribution >= 0.6 is 23.1 Å². The van der Waals surface area contributed by atoms with Crippen molar-refractivity contribution in [2.24, 2.45) is 0 Å². The first-order valence-corrected chi connectivity index (χ1v) is 10.3. The van der Waals surface area contributed by atoms with E-state index in [0.29, 0.717) is 13.2 Å². The monoisotopic (exact) mass is 370 g/mol. The molecule has 0 N–H and O–H groups in total. The summed E-state index contributed by atoms with van der Waals surface area (Å²) in [5.41, 5.74) is 1.48. The Bertz CT molecular complexity index is 939. The highest BCUT2D eigenvalue weighted by molar-refractivity contribution is 7.99. The average Bonchev–Trinajstić information content (AvgIpc) is 2.84. The summed E-state index contributed by atoms with van der Waals surface area (Å²) < 4.78 is 11.3. The Labute approximate surface area is 154 Å². The van der Waals surface area contributed by atoms with Gasteiger partial charge >= 0.3 is 0 Å². The van der Waals surface area contributed by atoms with Crippen molar-refractivity contribution in [3.8, 4) is 11.5 Å². The van der Waals surface area contributed by atoms with Crippen LogP contribution in [0, 0.1) is 0 Å². The van der Waals surface area contributed by atoms with Gasteiger partial charge in [0.15, 0.2) is 11.5 Å². The van der Waals surface area contributed by atoms with Gasteiger partial charge in [0, 0.05) is 15.2 Å². The molecule has 2 aromatic heterocycles. The lowest BCUT2D eigenvalue weighted by molar-refractivity contribution is 0.171. The van der Waals surface area contributed by atoms with E-state index in [0.717, 1.165) is 32.7 Å². The molecule has 0 fully saturated rings. The number of thiophene rings is 1. The second kappa shape index (κ2) is 6.50. The van der Waals surface area contributed by atoms with Crippen molar-refractivity contribution < 1.29 is 9.47 Å². The summed E-state index contributed by atoms with van der Waals surface area (Å²) >= 11 is 3.55. The smallest absolute Gasteiger partial charge is 0.162 e. The van der Waals surface area contributed by atoms with Crippen LogP contribution < -0.4 is 9.47 Å². The van der Waals surface area contributed by atoms with Crippen LogP contribution in [0.2, 0.25) is 0 Å². The fourth-order valence-electron chi connectivity index (χ4n) is 3.51. The summed E-state index contributed by atoms with van der Waals surface area (Å²) in [6.07, 6.45) is 7.90. The number of hydrogen-bond acceptors (Lipinski definition) is 6. The van der Waals surface area contributed by atoms with Crippen molar-refractivity contribution in [2.75, 3.05) is 13.2 Å². The van der Waals surface area contributed by atoms with Gasteiger partial charge in [-0.05, 0) is 49.4 Å². The molecule has 0 radical (unpaired) electrons. The van der Waals surface area contributed by atoms with E-state index in [1.807, 2.05) is 17.4 Å². The molecule has 0 saturated carbocycles. The van der Waals surface area contributed by atoms with E-state index in [1.54, 1.807) is 18.1 Å². The van der Waals surface area contributed by atoms with Gasteiger partial charge in [-0.1, -0.05) is 18.2 Å². The Morgan fingerprint density at radius 3 is 2.80 bits per heavy atom. The third-order valence-electron chi connectivity index (χ3n) is 4.69. The van der Waals surface area contributed by atoms with Crippen LogP contribution in [-0.4, -0.2) is 23.2 Å². The molecule has 1 aliphatic carbocycles. The minimum absolute atomic E-state index is 0.608. The van der Waals surface area contributed by atoms with Crippen LogP contribution in [0.1, 0.15) is 29.7 Å². The van der Waals surface area contributed by atoms with Crippen LogP contribution in [0.15, 0.2) is 34.4 Å². The summed E-state index contributed by atoms with van der Waals surface area (Å²) in [7, 11) is 0. The molecule has 0 atom stereocenters. The lowest BCUT2D eigenvalue weighted by atomic mass is 10.1. The molecule has 0 unspecified atom stereocenters. The summed E-state index contributed by atoms with van der Waals surface area (Å²) in [4.78, 5) is 12.9. The number of aromatic nitrogens is 2. The highest BCUT2D eigenvalue weighted by Gasteiger charge is 2.20. The molecule has 0 amide bonds. The molecule has 25 heavy (non-hydrogen) atoms. The van der Waals surface area contributed by atoms with Gasteiger partial charge in [-0.2, -0.15) is 0 Å². The first-order valence-electron chi connectivity index (χ1n) is 8.71. The quantitative estimate of drug-likeness (QED) is 0.475. The number of nitrogens with zero attached hydrogens (tertiary/aromatic N) is 2. The van der Waals surface area contributed by atoms with Crippen molar-refractivity contribution in [1.82, 2.24) is 9.97 Å².